The van der Waals surface area contributed by atoms with Crippen molar-refractivity contribution in [3.05, 3.63) is 65.7 Å². The maximum absolute atomic E-state index is 13.0. The fourth-order valence-electron chi connectivity index (χ4n) is 3.48. The second kappa shape index (κ2) is 10.1. The lowest BCUT2D eigenvalue weighted by Crippen LogP contribution is -2.43. The Hall–Kier alpha value is -2.27. The van der Waals surface area contributed by atoms with Gasteiger partial charge in [0, 0.05) is 18.8 Å². The van der Waals surface area contributed by atoms with E-state index in [1.807, 2.05) is 25.1 Å². The number of piperidine rings is 1. The zero-order chi connectivity index (χ0) is 22.6. The molecule has 2 aromatic carbocycles. The number of benzene rings is 2. The number of thioether (sulfide) groups is 1. The molecule has 1 aliphatic rings. The van der Waals surface area contributed by atoms with Gasteiger partial charge in [-0.15, -0.1) is 10.2 Å². The van der Waals surface area contributed by atoms with Gasteiger partial charge in [0.1, 0.15) is 0 Å². The second-order valence-electron chi connectivity index (χ2n) is 7.65. The number of aromatic nitrogens is 2. The van der Waals surface area contributed by atoms with Crippen LogP contribution in [0.5, 0.6) is 0 Å². The van der Waals surface area contributed by atoms with Crippen molar-refractivity contribution in [3.63, 3.8) is 0 Å². The van der Waals surface area contributed by atoms with E-state index in [-0.39, 0.29) is 17.3 Å². The summed E-state index contributed by atoms with van der Waals surface area (Å²) in [6, 6.07) is 16.9. The highest BCUT2D eigenvalue weighted by molar-refractivity contribution is 8.00. The molecule has 1 aliphatic heterocycles. The first-order valence-electron chi connectivity index (χ1n) is 10.3. The summed E-state index contributed by atoms with van der Waals surface area (Å²) in [6.45, 7) is 2.49. The molecule has 10 heteroatoms. The van der Waals surface area contributed by atoms with Crippen LogP contribution < -0.4 is 5.32 Å². The number of hydrogen-bond acceptors (Lipinski definition) is 7. The number of hydrogen-bond donors (Lipinski definition) is 1. The topological polar surface area (TPSA) is 92.3 Å². The number of nitrogens with one attached hydrogen (secondary N) is 1. The lowest BCUT2D eigenvalue weighted by atomic mass is 9.99. The van der Waals surface area contributed by atoms with Gasteiger partial charge in [-0.25, -0.2) is 8.42 Å². The molecule has 1 N–H and O–H groups in total. The molecule has 0 aliphatic carbocycles. The van der Waals surface area contributed by atoms with Crippen molar-refractivity contribution in [2.24, 2.45) is 5.92 Å². The van der Waals surface area contributed by atoms with Crippen LogP contribution in [0.4, 0.5) is 5.13 Å². The zero-order valence-electron chi connectivity index (χ0n) is 17.6. The van der Waals surface area contributed by atoms with E-state index in [0.717, 1.165) is 15.7 Å². The minimum absolute atomic E-state index is 0.163. The van der Waals surface area contributed by atoms with Crippen LogP contribution in [0.3, 0.4) is 0 Å². The number of aryl methyl sites for hydroxylation is 1. The van der Waals surface area contributed by atoms with E-state index < -0.39 is 15.9 Å². The van der Waals surface area contributed by atoms with Crippen LogP contribution in [0.2, 0.25) is 0 Å². The van der Waals surface area contributed by atoms with Crippen molar-refractivity contribution in [3.8, 4) is 0 Å². The predicted molar refractivity (Wildman–Crippen MR) is 127 cm³/mol. The Morgan fingerprint density at radius 1 is 1.16 bits per heavy atom. The largest absolute Gasteiger partial charge is 0.300 e. The van der Waals surface area contributed by atoms with E-state index >= 15 is 0 Å². The quantitative estimate of drug-likeness (QED) is 0.396. The van der Waals surface area contributed by atoms with Gasteiger partial charge in [0.15, 0.2) is 4.34 Å². The van der Waals surface area contributed by atoms with Crippen molar-refractivity contribution < 1.29 is 13.2 Å². The van der Waals surface area contributed by atoms with Crippen molar-refractivity contribution in [1.29, 1.82) is 0 Å². The third-order valence-corrected chi connectivity index (χ3v) is 9.18. The number of amides is 1. The van der Waals surface area contributed by atoms with Gasteiger partial charge in [0.25, 0.3) is 0 Å². The van der Waals surface area contributed by atoms with Gasteiger partial charge in [-0.2, -0.15) is 4.31 Å². The van der Waals surface area contributed by atoms with E-state index in [9.17, 15) is 13.2 Å². The van der Waals surface area contributed by atoms with Gasteiger partial charge in [0.2, 0.25) is 21.1 Å². The lowest BCUT2D eigenvalue weighted by Gasteiger charge is -2.31. The molecule has 2 heterocycles. The maximum Gasteiger partial charge on any atom is 0.243 e. The van der Waals surface area contributed by atoms with Crippen LogP contribution in [0, 0.1) is 12.8 Å². The molecule has 32 heavy (non-hydrogen) atoms. The first kappa shape index (κ1) is 22.9. The average molecular weight is 489 g/mol. The zero-order valence-corrected chi connectivity index (χ0v) is 20.0. The molecular formula is C22H24N4O3S3. The number of nitrogens with zero attached hydrogens (tertiary/aromatic N) is 3. The molecule has 1 aromatic heterocycles. The van der Waals surface area contributed by atoms with Gasteiger partial charge in [-0.05, 0) is 37.5 Å². The third-order valence-electron chi connectivity index (χ3n) is 5.26. The Morgan fingerprint density at radius 2 is 1.91 bits per heavy atom. The summed E-state index contributed by atoms with van der Waals surface area (Å²) in [5.41, 5.74) is 2.19. The highest BCUT2D eigenvalue weighted by Crippen LogP contribution is 2.29. The molecule has 7 nitrogen and oxygen atoms in total. The summed E-state index contributed by atoms with van der Waals surface area (Å²) in [7, 11) is -3.62. The molecule has 3 aromatic rings. The van der Waals surface area contributed by atoms with Crippen molar-refractivity contribution >= 4 is 44.2 Å². The molecule has 0 bridgehead atoms. The van der Waals surface area contributed by atoms with Crippen molar-refractivity contribution in [1.82, 2.24) is 14.5 Å². The number of carbonyl (C=O) groups is 1. The predicted octanol–water partition coefficient (Wildman–Crippen LogP) is 4.18. The highest BCUT2D eigenvalue weighted by Gasteiger charge is 2.33. The van der Waals surface area contributed by atoms with Crippen molar-refractivity contribution in [2.45, 2.75) is 34.8 Å². The number of carbonyl (C=O) groups excluding carboxylic acids is 1. The molecule has 4 rings (SSSR count). The number of anilines is 1. The van der Waals surface area contributed by atoms with E-state index in [1.54, 1.807) is 36.0 Å². The molecule has 0 saturated carbocycles. The van der Waals surface area contributed by atoms with Crippen LogP contribution >= 0.6 is 23.1 Å². The van der Waals surface area contributed by atoms with Crippen LogP contribution in [-0.4, -0.2) is 41.9 Å². The smallest absolute Gasteiger partial charge is 0.243 e. The fraction of sp³-hybridized carbons (Fsp3) is 0.318. The van der Waals surface area contributed by atoms with Crippen LogP contribution in [0.15, 0.2) is 63.8 Å². The third kappa shape index (κ3) is 5.55. The van der Waals surface area contributed by atoms with Crippen molar-refractivity contribution in [2.75, 3.05) is 18.4 Å². The standard InChI is InChI=1S/C22H24N4O3S3/c1-16-9-11-19(12-10-16)32(28,29)26-13-5-8-18(14-26)20(27)23-21-24-25-22(31-21)30-15-17-6-3-2-4-7-17/h2-4,6-7,9-12,18H,5,8,13-15H2,1H3,(H,23,24,27). The van der Waals surface area contributed by atoms with Gasteiger partial charge in [-0.3, -0.25) is 4.79 Å². The summed E-state index contributed by atoms with van der Waals surface area (Å²) >= 11 is 2.89. The molecule has 1 unspecified atom stereocenters. The number of sulfonamides is 1. The van der Waals surface area contributed by atoms with Crippen LogP contribution in [-0.2, 0) is 20.6 Å². The van der Waals surface area contributed by atoms with Crippen LogP contribution in [0.1, 0.15) is 24.0 Å². The van der Waals surface area contributed by atoms with Gasteiger partial charge in [-0.1, -0.05) is 71.1 Å². The molecule has 0 radical (unpaired) electrons. The molecule has 168 valence electrons. The summed E-state index contributed by atoms with van der Waals surface area (Å²) in [6.07, 6.45) is 1.28. The summed E-state index contributed by atoms with van der Waals surface area (Å²) < 4.78 is 28.2. The van der Waals surface area contributed by atoms with Gasteiger partial charge < -0.3 is 5.32 Å². The molecule has 1 saturated heterocycles. The van der Waals surface area contributed by atoms with E-state index in [2.05, 4.69) is 27.6 Å². The fourth-order valence-corrected chi connectivity index (χ4v) is 6.71. The Labute approximate surface area is 196 Å². The molecular weight excluding hydrogens is 464 g/mol. The summed E-state index contributed by atoms with van der Waals surface area (Å²) in [4.78, 5) is 13.1. The minimum Gasteiger partial charge on any atom is -0.300 e. The maximum atomic E-state index is 13.0. The van der Waals surface area contributed by atoms with E-state index in [4.69, 9.17) is 0 Å². The Morgan fingerprint density at radius 3 is 2.66 bits per heavy atom. The molecule has 1 fully saturated rings. The van der Waals surface area contributed by atoms with Gasteiger partial charge in [0.05, 0.1) is 10.8 Å². The first-order valence-corrected chi connectivity index (χ1v) is 13.5. The molecule has 0 spiro atoms. The van der Waals surface area contributed by atoms with Crippen LogP contribution in [0.25, 0.3) is 0 Å². The second-order valence-corrected chi connectivity index (χ2v) is 11.8. The minimum atomic E-state index is -3.62. The average Bonchev–Trinajstić information content (AvgIpc) is 3.26. The normalized spacial score (nSPS) is 17.2. The monoisotopic (exact) mass is 488 g/mol. The molecule has 1 amide bonds. The Balaban J connectivity index is 1.35. The first-order chi connectivity index (χ1) is 15.4. The lowest BCUT2D eigenvalue weighted by molar-refractivity contribution is -0.120. The van der Waals surface area contributed by atoms with E-state index in [0.29, 0.717) is 24.5 Å². The van der Waals surface area contributed by atoms with E-state index in [1.165, 1.54) is 21.2 Å². The highest BCUT2D eigenvalue weighted by atomic mass is 32.2. The van der Waals surface area contributed by atoms with Gasteiger partial charge >= 0.3 is 0 Å². The number of rotatable bonds is 7. The summed E-state index contributed by atoms with van der Waals surface area (Å²) in [5, 5.41) is 11.5. The summed E-state index contributed by atoms with van der Waals surface area (Å²) in [5.74, 6) is 0.135. The SMILES string of the molecule is Cc1ccc(S(=O)(=O)N2CCCC(C(=O)Nc3nnc(SCc4ccccc4)s3)C2)cc1. The Bertz CT molecular complexity index is 1160. The molecule has 1 atom stereocenters. The Kier molecular flexibility index (Phi) is 7.24.